The van der Waals surface area contributed by atoms with Crippen LogP contribution in [0.1, 0.15) is 59.3 Å². The van der Waals surface area contributed by atoms with Crippen LogP contribution in [0.15, 0.2) is 0 Å². The number of carboxylic acid groups (broad SMARTS) is 1. The van der Waals surface area contributed by atoms with Gasteiger partial charge in [0.2, 0.25) is 5.91 Å². The Labute approximate surface area is 109 Å². The van der Waals surface area contributed by atoms with Crippen LogP contribution in [0.2, 0.25) is 0 Å². The number of carbonyl (C=O) groups excluding carboxylic acids is 1. The van der Waals surface area contributed by atoms with Crippen LogP contribution in [0, 0.1) is 5.92 Å². The van der Waals surface area contributed by atoms with Crippen LogP contribution in [0.25, 0.3) is 0 Å². The molecule has 1 aliphatic rings. The van der Waals surface area contributed by atoms with Gasteiger partial charge in [0.1, 0.15) is 6.54 Å². The minimum Gasteiger partial charge on any atom is -0.480 e. The van der Waals surface area contributed by atoms with Crippen molar-refractivity contribution in [2.75, 3.05) is 6.54 Å². The number of hydrogen-bond donors (Lipinski definition) is 1. The van der Waals surface area contributed by atoms with Gasteiger partial charge in [0, 0.05) is 12.0 Å². The van der Waals surface area contributed by atoms with Gasteiger partial charge < -0.3 is 10.0 Å². The van der Waals surface area contributed by atoms with E-state index < -0.39 is 11.5 Å². The van der Waals surface area contributed by atoms with Gasteiger partial charge in [-0.1, -0.05) is 19.3 Å². The summed E-state index contributed by atoms with van der Waals surface area (Å²) in [4.78, 5) is 24.6. The molecule has 1 amide bonds. The number of carboxylic acids is 1. The molecule has 1 fully saturated rings. The lowest BCUT2D eigenvalue weighted by Crippen LogP contribution is -2.48. The van der Waals surface area contributed by atoms with Crippen molar-refractivity contribution in [2.24, 2.45) is 5.92 Å². The van der Waals surface area contributed by atoms with E-state index >= 15 is 0 Å². The molecule has 0 heterocycles. The summed E-state index contributed by atoms with van der Waals surface area (Å²) in [5, 5.41) is 8.91. The van der Waals surface area contributed by atoms with Gasteiger partial charge in [-0.3, -0.25) is 9.59 Å². The van der Waals surface area contributed by atoms with Gasteiger partial charge in [-0.2, -0.15) is 0 Å². The average Bonchev–Trinajstić information content (AvgIpc) is 2.25. The van der Waals surface area contributed by atoms with E-state index in [4.69, 9.17) is 5.11 Å². The molecule has 0 aromatic rings. The highest BCUT2D eigenvalue weighted by Gasteiger charge is 2.30. The number of hydrogen-bond acceptors (Lipinski definition) is 2. The van der Waals surface area contributed by atoms with Crippen molar-refractivity contribution < 1.29 is 14.7 Å². The fourth-order valence-electron chi connectivity index (χ4n) is 2.58. The second kappa shape index (κ2) is 6.21. The lowest BCUT2D eigenvalue weighted by molar-refractivity contribution is -0.148. The van der Waals surface area contributed by atoms with Gasteiger partial charge in [0.05, 0.1) is 0 Å². The van der Waals surface area contributed by atoms with Crippen LogP contribution in [0.5, 0.6) is 0 Å². The van der Waals surface area contributed by atoms with E-state index in [2.05, 4.69) is 0 Å². The third-order valence-corrected chi connectivity index (χ3v) is 3.59. The highest BCUT2D eigenvalue weighted by Crippen LogP contribution is 2.28. The van der Waals surface area contributed by atoms with Gasteiger partial charge in [-0.25, -0.2) is 0 Å². The summed E-state index contributed by atoms with van der Waals surface area (Å²) >= 11 is 0. The average molecular weight is 255 g/mol. The van der Waals surface area contributed by atoms with E-state index in [1.165, 1.54) is 24.2 Å². The van der Waals surface area contributed by atoms with Gasteiger partial charge in [0.25, 0.3) is 0 Å². The molecule has 18 heavy (non-hydrogen) atoms. The zero-order valence-electron chi connectivity index (χ0n) is 11.7. The number of carbonyl (C=O) groups is 2. The van der Waals surface area contributed by atoms with E-state index in [1.54, 1.807) is 0 Å². The predicted molar refractivity (Wildman–Crippen MR) is 70.3 cm³/mol. The summed E-state index contributed by atoms with van der Waals surface area (Å²) in [6.45, 7) is 5.45. The van der Waals surface area contributed by atoms with Gasteiger partial charge >= 0.3 is 5.97 Å². The number of aliphatic carboxylic acids is 1. The first-order valence-electron chi connectivity index (χ1n) is 6.83. The molecule has 0 aromatic carbocycles. The SMILES string of the molecule is CC(C)(C)N(CC(=O)O)C(=O)CC1CCCCC1. The molecule has 1 saturated carbocycles. The molecule has 1 N–H and O–H groups in total. The maximum atomic E-state index is 12.3. The van der Waals surface area contributed by atoms with Crippen molar-refractivity contribution in [3.05, 3.63) is 0 Å². The van der Waals surface area contributed by atoms with Crippen LogP contribution in [-0.2, 0) is 9.59 Å². The fourth-order valence-corrected chi connectivity index (χ4v) is 2.58. The zero-order chi connectivity index (χ0) is 13.8. The topological polar surface area (TPSA) is 57.6 Å². The summed E-state index contributed by atoms with van der Waals surface area (Å²) in [6, 6.07) is 0. The third-order valence-electron chi connectivity index (χ3n) is 3.59. The first-order valence-corrected chi connectivity index (χ1v) is 6.83. The summed E-state index contributed by atoms with van der Waals surface area (Å²) in [7, 11) is 0. The maximum Gasteiger partial charge on any atom is 0.323 e. The highest BCUT2D eigenvalue weighted by atomic mass is 16.4. The zero-order valence-corrected chi connectivity index (χ0v) is 11.7. The first kappa shape index (κ1) is 15.0. The molecule has 0 radical (unpaired) electrons. The Hall–Kier alpha value is -1.06. The van der Waals surface area contributed by atoms with Crippen molar-refractivity contribution in [1.82, 2.24) is 4.90 Å². The smallest absolute Gasteiger partial charge is 0.323 e. The van der Waals surface area contributed by atoms with E-state index in [9.17, 15) is 9.59 Å². The third kappa shape index (κ3) is 4.67. The van der Waals surface area contributed by atoms with Crippen LogP contribution in [-0.4, -0.2) is 34.0 Å². The highest BCUT2D eigenvalue weighted by molar-refractivity contribution is 5.82. The molecule has 0 unspecified atom stereocenters. The van der Waals surface area contributed by atoms with Gasteiger partial charge in [-0.15, -0.1) is 0 Å². The van der Waals surface area contributed by atoms with Crippen molar-refractivity contribution in [3.63, 3.8) is 0 Å². The number of nitrogens with zero attached hydrogens (tertiary/aromatic N) is 1. The van der Waals surface area contributed by atoms with E-state index in [0.717, 1.165) is 12.8 Å². The summed E-state index contributed by atoms with van der Waals surface area (Å²) in [5.74, 6) is -0.511. The normalized spacial score (nSPS) is 17.5. The van der Waals surface area contributed by atoms with Gasteiger partial charge in [0.15, 0.2) is 0 Å². The molecule has 0 aliphatic heterocycles. The van der Waals surface area contributed by atoms with E-state index in [-0.39, 0.29) is 12.5 Å². The second-order valence-electron chi connectivity index (χ2n) is 6.25. The van der Waals surface area contributed by atoms with Crippen LogP contribution in [0.3, 0.4) is 0 Å². The first-order chi connectivity index (χ1) is 8.30. The summed E-state index contributed by atoms with van der Waals surface area (Å²) in [5.41, 5.74) is -0.426. The van der Waals surface area contributed by atoms with E-state index in [0.29, 0.717) is 12.3 Å². The Morgan fingerprint density at radius 1 is 1.17 bits per heavy atom. The minimum absolute atomic E-state index is 0.0169. The largest absolute Gasteiger partial charge is 0.480 e. The molecule has 0 aromatic heterocycles. The summed E-state index contributed by atoms with van der Waals surface area (Å²) < 4.78 is 0. The molecule has 0 bridgehead atoms. The molecular weight excluding hydrogens is 230 g/mol. The predicted octanol–water partition coefficient (Wildman–Crippen LogP) is 2.67. The number of rotatable bonds is 4. The number of amides is 1. The van der Waals surface area contributed by atoms with Crippen LogP contribution in [0.4, 0.5) is 0 Å². The molecular formula is C14H25NO3. The molecule has 104 valence electrons. The molecule has 1 aliphatic carbocycles. The maximum absolute atomic E-state index is 12.3. The van der Waals surface area contributed by atoms with Crippen LogP contribution < -0.4 is 0 Å². The van der Waals surface area contributed by atoms with Crippen molar-refractivity contribution in [1.29, 1.82) is 0 Å². The second-order valence-corrected chi connectivity index (χ2v) is 6.25. The molecule has 0 atom stereocenters. The monoisotopic (exact) mass is 255 g/mol. The molecule has 4 nitrogen and oxygen atoms in total. The van der Waals surface area contributed by atoms with Crippen LogP contribution >= 0.6 is 0 Å². The fraction of sp³-hybridized carbons (Fsp3) is 0.857. The Morgan fingerprint density at radius 3 is 2.17 bits per heavy atom. The van der Waals surface area contributed by atoms with Gasteiger partial charge in [-0.05, 0) is 39.5 Å². The van der Waals surface area contributed by atoms with Crippen molar-refractivity contribution in [2.45, 2.75) is 64.8 Å². The minimum atomic E-state index is -0.943. The lowest BCUT2D eigenvalue weighted by Gasteiger charge is -2.35. The Bertz CT molecular complexity index is 301. The van der Waals surface area contributed by atoms with Crippen molar-refractivity contribution >= 4 is 11.9 Å². The Morgan fingerprint density at radius 2 is 1.72 bits per heavy atom. The molecule has 0 spiro atoms. The summed E-state index contributed by atoms with van der Waals surface area (Å²) in [6.07, 6.45) is 6.39. The van der Waals surface area contributed by atoms with Crippen molar-refractivity contribution in [3.8, 4) is 0 Å². The molecule has 1 rings (SSSR count). The lowest BCUT2D eigenvalue weighted by atomic mass is 9.86. The molecule has 0 saturated heterocycles. The standard InChI is InChI=1S/C14H25NO3/c1-14(2,3)15(10-13(17)18)12(16)9-11-7-5-4-6-8-11/h11H,4-10H2,1-3H3,(H,17,18). The Balaban J connectivity index is 2.61. The Kier molecular flexibility index (Phi) is 5.17. The molecule has 4 heteroatoms. The quantitative estimate of drug-likeness (QED) is 0.840. The van der Waals surface area contributed by atoms with E-state index in [1.807, 2.05) is 20.8 Å².